The number of ether oxygens (including phenoxy) is 1. The molecule has 3 rings (SSSR count). The summed E-state index contributed by atoms with van der Waals surface area (Å²) in [4.78, 5) is 27.9. The molecule has 0 unspecified atom stereocenters. The Bertz CT molecular complexity index is 792. The first-order valence-corrected chi connectivity index (χ1v) is 8.67. The van der Waals surface area contributed by atoms with Crippen molar-refractivity contribution in [3.05, 3.63) is 59.9 Å². The molecule has 1 aliphatic heterocycles. The molecule has 1 heterocycles. The van der Waals surface area contributed by atoms with Gasteiger partial charge in [0.2, 0.25) is 5.91 Å². The number of para-hydroxylation sites is 1. The summed E-state index contributed by atoms with van der Waals surface area (Å²) in [6.45, 7) is 3.02. The number of anilines is 1. The third kappa shape index (κ3) is 3.85. The Labute approximate surface area is 152 Å². The van der Waals surface area contributed by atoms with Crippen LogP contribution in [0.5, 0.6) is 5.75 Å². The first-order valence-electron chi connectivity index (χ1n) is 8.67. The van der Waals surface area contributed by atoms with Gasteiger partial charge in [0.1, 0.15) is 18.2 Å². The second kappa shape index (κ2) is 7.99. The second-order valence-electron chi connectivity index (χ2n) is 6.04. The number of nitrogens with zero attached hydrogens (tertiary/aromatic N) is 2. The average molecular weight is 356 g/mol. The van der Waals surface area contributed by atoms with Crippen LogP contribution in [0.1, 0.15) is 30.1 Å². The van der Waals surface area contributed by atoms with Crippen LogP contribution in [-0.2, 0) is 4.79 Å². The first kappa shape index (κ1) is 17.9. The molecule has 0 atom stereocenters. The van der Waals surface area contributed by atoms with Crippen LogP contribution in [0.25, 0.3) is 0 Å². The smallest absolute Gasteiger partial charge is 0.259 e. The Morgan fingerprint density at radius 2 is 1.92 bits per heavy atom. The largest absolute Gasteiger partial charge is 0.494 e. The molecule has 1 aliphatic rings. The van der Waals surface area contributed by atoms with Crippen molar-refractivity contribution >= 4 is 17.5 Å². The van der Waals surface area contributed by atoms with Crippen molar-refractivity contribution < 1.29 is 18.7 Å². The van der Waals surface area contributed by atoms with E-state index in [9.17, 15) is 14.0 Å². The van der Waals surface area contributed by atoms with Crippen LogP contribution in [0.4, 0.5) is 10.1 Å². The highest BCUT2D eigenvalue weighted by Crippen LogP contribution is 2.24. The molecule has 0 bridgehead atoms. The fourth-order valence-electron chi connectivity index (χ4n) is 2.96. The predicted molar refractivity (Wildman–Crippen MR) is 96.6 cm³/mol. The van der Waals surface area contributed by atoms with Gasteiger partial charge >= 0.3 is 0 Å². The average Bonchev–Trinajstić information content (AvgIpc) is 3.05. The topological polar surface area (TPSA) is 49.9 Å². The molecular weight excluding hydrogens is 335 g/mol. The molecule has 0 radical (unpaired) electrons. The Kier molecular flexibility index (Phi) is 5.51. The molecule has 26 heavy (non-hydrogen) atoms. The van der Waals surface area contributed by atoms with Crippen molar-refractivity contribution in [1.29, 1.82) is 0 Å². The molecule has 2 aromatic carbocycles. The second-order valence-corrected chi connectivity index (χ2v) is 6.04. The summed E-state index contributed by atoms with van der Waals surface area (Å²) in [5.74, 6) is -0.224. The van der Waals surface area contributed by atoms with Crippen molar-refractivity contribution in [1.82, 2.24) is 4.90 Å². The highest BCUT2D eigenvalue weighted by molar-refractivity contribution is 6.06. The summed E-state index contributed by atoms with van der Waals surface area (Å²) in [5, 5.41) is 0. The third-order valence-corrected chi connectivity index (χ3v) is 4.28. The van der Waals surface area contributed by atoms with E-state index in [0.29, 0.717) is 30.9 Å². The molecule has 6 heteroatoms. The summed E-state index contributed by atoms with van der Waals surface area (Å²) >= 11 is 0. The van der Waals surface area contributed by atoms with Gasteiger partial charge in [-0.1, -0.05) is 12.1 Å². The SMILES string of the molecule is CCOc1ccc(C(=O)N(CN2CCCC2=O)c2ccccc2F)cc1. The number of rotatable bonds is 6. The molecular formula is C20H21FN2O3. The minimum atomic E-state index is -0.501. The van der Waals surface area contributed by atoms with Gasteiger partial charge in [-0.2, -0.15) is 0 Å². The molecule has 0 aromatic heterocycles. The molecule has 136 valence electrons. The molecule has 5 nitrogen and oxygen atoms in total. The van der Waals surface area contributed by atoms with Crippen LogP contribution in [-0.4, -0.2) is 36.5 Å². The lowest BCUT2D eigenvalue weighted by Gasteiger charge is -2.28. The van der Waals surface area contributed by atoms with E-state index in [1.807, 2.05) is 6.92 Å². The highest BCUT2D eigenvalue weighted by atomic mass is 19.1. The van der Waals surface area contributed by atoms with Gasteiger partial charge in [0.25, 0.3) is 5.91 Å². The minimum Gasteiger partial charge on any atom is -0.494 e. The first-order chi connectivity index (χ1) is 12.6. The maximum Gasteiger partial charge on any atom is 0.259 e. The van der Waals surface area contributed by atoms with Crippen molar-refractivity contribution in [2.45, 2.75) is 19.8 Å². The normalized spacial score (nSPS) is 13.8. The number of likely N-dealkylation sites (tertiary alicyclic amines) is 1. The van der Waals surface area contributed by atoms with E-state index in [1.54, 1.807) is 47.4 Å². The summed E-state index contributed by atoms with van der Waals surface area (Å²) in [6.07, 6.45) is 1.21. The van der Waals surface area contributed by atoms with Crippen LogP contribution >= 0.6 is 0 Å². The molecule has 0 N–H and O–H groups in total. The number of benzene rings is 2. The van der Waals surface area contributed by atoms with E-state index in [4.69, 9.17) is 4.74 Å². The number of carbonyl (C=O) groups is 2. The summed E-state index contributed by atoms with van der Waals surface area (Å²) in [7, 11) is 0. The third-order valence-electron chi connectivity index (χ3n) is 4.28. The lowest BCUT2D eigenvalue weighted by Crippen LogP contribution is -2.42. The number of halogens is 1. The van der Waals surface area contributed by atoms with Crippen LogP contribution in [0.3, 0.4) is 0 Å². The number of hydrogen-bond acceptors (Lipinski definition) is 3. The van der Waals surface area contributed by atoms with Gasteiger partial charge < -0.3 is 9.64 Å². The van der Waals surface area contributed by atoms with E-state index in [1.165, 1.54) is 11.0 Å². The van der Waals surface area contributed by atoms with Crippen LogP contribution < -0.4 is 9.64 Å². The van der Waals surface area contributed by atoms with E-state index < -0.39 is 5.82 Å². The zero-order valence-corrected chi connectivity index (χ0v) is 14.7. The fraction of sp³-hybridized carbons (Fsp3) is 0.300. The Hall–Kier alpha value is -2.89. The van der Waals surface area contributed by atoms with Crippen LogP contribution in [0, 0.1) is 5.82 Å². The monoisotopic (exact) mass is 356 g/mol. The summed E-state index contributed by atoms with van der Waals surface area (Å²) in [5.41, 5.74) is 0.564. The molecule has 1 fully saturated rings. The standard InChI is InChI=1S/C20H21FN2O3/c1-2-26-16-11-9-15(10-12-16)20(25)23(14-22-13-5-8-19(22)24)18-7-4-3-6-17(18)21/h3-4,6-7,9-12H,2,5,8,13-14H2,1H3. The van der Waals surface area contributed by atoms with E-state index >= 15 is 0 Å². The Morgan fingerprint density at radius 3 is 2.54 bits per heavy atom. The molecule has 2 amide bonds. The van der Waals surface area contributed by atoms with E-state index in [-0.39, 0.29) is 24.2 Å². The lowest BCUT2D eigenvalue weighted by atomic mass is 10.1. The van der Waals surface area contributed by atoms with Crippen molar-refractivity contribution in [2.24, 2.45) is 0 Å². The molecule has 0 saturated carbocycles. The van der Waals surface area contributed by atoms with E-state index in [0.717, 1.165) is 6.42 Å². The van der Waals surface area contributed by atoms with Gasteiger partial charge in [0.15, 0.2) is 0 Å². The van der Waals surface area contributed by atoms with Crippen LogP contribution in [0.15, 0.2) is 48.5 Å². The number of carbonyl (C=O) groups excluding carboxylic acids is 2. The van der Waals surface area contributed by atoms with Gasteiger partial charge in [-0.15, -0.1) is 0 Å². The zero-order valence-electron chi connectivity index (χ0n) is 14.7. The number of hydrogen-bond donors (Lipinski definition) is 0. The highest BCUT2D eigenvalue weighted by Gasteiger charge is 2.27. The van der Waals surface area contributed by atoms with Crippen molar-refractivity contribution in [3.63, 3.8) is 0 Å². The number of amides is 2. The quantitative estimate of drug-likeness (QED) is 0.797. The maximum atomic E-state index is 14.3. The molecule has 0 aliphatic carbocycles. The zero-order chi connectivity index (χ0) is 18.5. The lowest BCUT2D eigenvalue weighted by molar-refractivity contribution is -0.127. The van der Waals surface area contributed by atoms with Gasteiger partial charge in [-0.3, -0.25) is 14.5 Å². The maximum absolute atomic E-state index is 14.3. The minimum absolute atomic E-state index is 0.0224. The Balaban J connectivity index is 1.90. The summed E-state index contributed by atoms with van der Waals surface area (Å²) in [6, 6.07) is 12.8. The van der Waals surface area contributed by atoms with Crippen LogP contribution in [0.2, 0.25) is 0 Å². The van der Waals surface area contributed by atoms with Crippen molar-refractivity contribution in [2.75, 3.05) is 24.7 Å². The van der Waals surface area contributed by atoms with Gasteiger partial charge in [0, 0.05) is 18.5 Å². The molecule has 1 saturated heterocycles. The van der Waals surface area contributed by atoms with Gasteiger partial charge in [-0.05, 0) is 49.7 Å². The van der Waals surface area contributed by atoms with Gasteiger partial charge in [-0.25, -0.2) is 4.39 Å². The molecule has 0 spiro atoms. The Morgan fingerprint density at radius 1 is 1.19 bits per heavy atom. The summed E-state index contributed by atoms with van der Waals surface area (Å²) < 4.78 is 19.7. The fourth-order valence-corrected chi connectivity index (χ4v) is 2.96. The van der Waals surface area contributed by atoms with Crippen molar-refractivity contribution in [3.8, 4) is 5.75 Å². The molecule has 2 aromatic rings. The predicted octanol–water partition coefficient (Wildman–Crippen LogP) is 3.45. The van der Waals surface area contributed by atoms with E-state index in [2.05, 4.69) is 0 Å². The van der Waals surface area contributed by atoms with Gasteiger partial charge in [0.05, 0.1) is 12.3 Å².